The Kier molecular flexibility index (Phi) is 3.17. The van der Waals surface area contributed by atoms with Crippen molar-refractivity contribution in [2.75, 3.05) is 16.8 Å². The molecule has 2 aliphatic heterocycles. The fourth-order valence-corrected chi connectivity index (χ4v) is 5.91. The molecule has 2 atom stereocenters. The predicted octanol–water partition coefficient (Wildman–Crippen LogP) is 1.28. The zero-order chi connectivity index (χ0) is 14.3. The molecule has 9 heteroatoms. The number of aliphatic imine (C=N–C) groups is 1. The Morgan fingerprint density at radius 2 is 2.20 bits per heavy atom. The molecule has 20 heavy (non-hydrogen) atoms. The van der Waals surface area contributed by atoms with Crippen molar-refractivity contribution >= 4 is 38.1 Å². The highest BCUT2D eigenvalue weighted by atomic mass is 32.2. The summed E-state index contributed by atoms with van der Waals surface area (Å²) < 4.78 is 22.9. The van der Waals surface area contributed by atoms with Crippen LogP contribution in [-0.4, -0.2) is 41.3 Å². The molecule has 1 N–H and O–H groups in total. The smallest absolute Gasteiger partial charge is 0.271 e. The zero-order valence-corrected chi connectivity index (χ0v) is 11.9. The molecule has 1 fully saturated rings. The lowest BCUT2D eigenvalue weighted by Crippen LogP contribution is -2.13. The Morgan fingerprint density at radius 3 is 2.90 bits per heavy atom. The number of anilines is 1. The van der Waals surface area contributed by atoms with Gasteiger partial charge in [-0.15, -0.1) is 0 Å². The van der Waals surface area contributed by atoms with Crippen LogP contribution in [0.25, 0.3) is 0 Å². The average molecular weight is 313 g/mol. The minimum absolute atomic E-state index is 0.00127. The number of sulfone groups is 1. The van der Waals surface area contributed by atoms with E-state index in [4.69, 9.17) is 0 Å². The van der Waals surface area contributed by atoms with Gasteiger partial charge in [-0.25, -0.2) is 8.42 Å². The van der Waals surface area contributed by atoms with Crippen molar-refractivity contribution in [3.63, 3.8) is 0 Å². The largest absolute Gasteiger partial charge is 0.335 e. The van der Waals surface area contributed by atoms with Crippen molar-refractivity contribution in [1.29, 1.82) is 0 Å². The molecular weight excluding hydrogens is 302 g/mol. The minimum atomic E-state index is -2.96. The normalized spacial score (nSPS) is 26.9. The molecule has 2 heterocycles. The van der Waals surface area contributed by atoms with E-state index in [-0.39, 0.29) is 28.5 Å². The summed E-state index contributed by atoms with van der Waals surface area (Å²) >= 11 is 1.38. The van der Waals surface area contributed by atoms with Gasteiger partial charge in [0.2, 0.25) is 0 Å². The third-order valence-corrected chi connectivity index (χ3v) is 6.27. The molecule has 106 valence electrons. The van der Waals surface area contributed by atoms with Gasteiger partial charge in [-0.05, 0) is 6.07 Å². The standard InChI is InChI=1S/C11H11N3O4S2/c15-14(16)8-3-1-2-7(4-8)12-11-13-9-5-20(17,18)6-10(9)19-11/h1-4,9-10H,5-6H2,(H,12,13)/t9-,10+/m0/s1. The van der Waals surface area contributed by atoms with Gasteiger partial charge in [-0.3, -0.25) is 15.1 Å². The monoisotopic (exact) mass is 313 g/mol. The number of nitrogens with zero attached hydrogens (tertiary/aromatic N) is 2. The number of hydrogen-bond donors (Lipinski definition) is 1. The maximum Gasteiger partial charge on any atom is 0.271 e. The topological polar surface area (TPSA) is 102 Å². The third kappa shape index (κ3) is 2.63. The van der Waals surface area contributed by atoms with Gasteiger partial charge in [0.1, 0.15) is 0 Å². The van der Waals surface area contributed by atoms with Gasteiger partial charge in [-0.1, -0.05) is 17.8 Å². The number of benzene rings is 1. The van der Waals surface area contributed by atoms with E-state index in [0.717, 1.165) is 0 Å². The minimum Gasteiger partial charge on any atom is -0.335 e. The van der Waals surface area contributed by atoms with Gasteiger partial charge in [0, 0.05) is 23.1 Å². The van der Waals surface area contributed by atoms with Gasteiger partial charge in [0.05, 0.1) is 22.5 Å². The average Bonchev–Trinajstić information content (AvgIpc) is 2.82. The van der Waals surface area contributed by atoms with E-state index in [9.17, 15) is 18.5 Å². The third-order valence-electron chi connectivity index (χ3n) is 3.13. The van der Waals surface area contributed by atoms with E-state index in [0.29, 0.717) is 10.9 Å². The molecule has 0 aliphatic carbocycles. The molecule has 0 bridgehead atoms. The molecule has 1 saturated heterocycles. The highest BCUT2D eigenvalue weighted by Gasteiger charge is 2.42. The van der Waals surface area contributed by atoms with E-state index in [1.165, 1.54) is 23.9 Å². The Balaban J connectivity index is 1.74. The Morgan fingerprint density at radius 1 is 1.40 bits per heavy atom. The number of rotatable bonds is 2. The molecule has 2 aliphatic rings. The van der Waals surface area contributed by atoms with Crippen LogP contribution in [0.4, 0.5) is 11.4 Å². The Hall–Kier alpha value is -1.61. The second-order valence-corrected chi connectivity index (χ2v) is 8.05. The first-order valence-electron chi connectivity index (χ1n) is 5.89. The lowest BCUT2D eigenvalue weighted by Gasteiger charge is -2.06. The van der Waals surface area contributed by atoms with Crippen LogP contribution in [-0.2, 0) is 9.84 Å². The summed E-state index contributed by atoms with van der Waals surface area (Å²) in [5.41, 5.74) is 0.578. The quantitative estimate of drug-likeness (QED) is 0.652. The lowest BCUT2D eigenvalue weighted by atomic mass is 10.3. The van der Waals surface area contributed by atoms with Crippen molar-refractivity contribution < 1.29 is 13.3 Å². The molecule has 0 saturated carbocycles. The van der Waals surface area contributed by atoms with Crippen LogP contribution in [0.15, 0.2) is 29.3 Å². The molecule has 1 aromatic rings. The van der Waals surface area contributed by atoms with E-state index in [2.05, 4.69) is 10.3 Å². The number of thioether (sulfide) groups is 1. The first-order chi connectivity index (χ1) is 9.43. The van der Waals surface area contributed by atoms with Crippen LogP contribution >= 0.6 is 11.8 Å². The second-order valence-electron chi connectivity index (χ2n) is 4.67. The second kappa shape index (κ2) is 4.74. The van der Waals surface area contributed by atoms with Crippen LogP contribution in [0, 0.1) is 10.1 Å². The maximum absolute atomic E-state index is 11.5. The highest BCUT2D eigenvalue weighted by Crippen LogP contribution is 2.34. The molecule has 3 rings (SSSR count). The van der Waals surface area contributed by atoms with Gasteiger partial charge in [0.15, 0.2) is 15.0 Å². The van der Waals surface area contributed by atoms with E-state index in [1.54, 1.807) is 12.1 Å². The van der Waals surface area contributed by atoms with Crippen molar-refractivity contribution in [3.8, 4) is 0 Å². The van der Waals surface area contributed by atoms with Crippen LogP contribution in [0.1, 0.15) is 0 Å². The summed E-state index contributed by atoms with van der Waals surface area (Å²) in [5, 5.41) is 14.3. The van der Waals surface area contributed by atoms with Crippen molar-refractivity contribution in [2.24, 2.45) is 4.99 Å². The van der Waals surface area contributed by atoms with Crippen molar-refractivity contribution in [2.45, 2.75) is 11.3 Å². The number of nitrogens with one attached hydrogen (secondary N) is 1. The molecule has 0 radical (unpaired) electrons. The summed E-state index contributed by atoms with van der Waals surface area (Å²) in [6.07, 6.45) is 0. The first kappa shape index (κ1) is 13.4. The molecule has 1 aromatic carbocycles. The summed E-state index contributed by atoms with van der Waals surface area (Å²) in [5.74, 6) is 0.233. The van der Waals surface area contributed by atoms with E-state index in [1.807, 2.05) is 0 Å². The number of nitro benzene ring substituents is 1. The van der Waals surface area contributed by atoms with Gasteiger partial charge >= 0.3 is 0 Å². The summed E-state index contributed by atoms with van der Waals surface area (Å²) in [4.78, 5) is 14.6. The van der Waals surface area contributed by atoms with Gasteiger partial charge in [0.25, 0.3) is 5.69 Å². The van der Waals surface area contributed by atoms with Crippen LogP contribution in [0.3, 0.4) is 0 Å². The van der Waals surface area contributed by atoms with Crippen LogP contribution < -0.4 is 5.32 Å². The first-order valence-corrected chi connectivity index (χ1v) is 8.59. The molecule has 0 aromatic heterocycles. The van der Waals surface area contributed by atoms with E-state index < -0.39 is 14.8 Å². The Bertz CT molecular complexity index is 701. The van der Waals surface area contributed by atoms with Gasteiger partial charge < -0.3 is 5.32 Å². The van der Waals surface area contributed by atoms with Gasteiger partial charge in [-0.2, -0.15) is 0 Å². The number of amidine groups is 1. The summed E-state index contributed by atoms with van der Waals surface area (Å²) in [7, 11) is -2.96. The number of fused-ring (bicyclic) bond motifs is 1. The summed E-state index contributed by atoms with van der Waals surface area (Å²) in [6.45, 7) is 0. The number of hydrogen-bond acceptors (Lipinski definition) is 7. The number of non-ortho nitro benzene ring substituents is 1. The molecule has 0 unspecified atom stereocenters. The fourth-order valence-electron chi connectivity index (χ4n) is 2.24. The lowest BCUT2D eigenvalue weighted by molar-refractivity contribution is -0.384. The van der Waals surface area contributed by atoms with Crippen LogP contribution in [0.2, 0.25) is 0 Å². The van der Waals surface area contributed by atoms with Crippen LogP contribution in [0.5, 0.6) is 0 Å². The fraction of sp³-hybridized carbons (Fsp3) is 0.364. The van der Waals surface area contributed by atoms with Crippen molar-refractivity contribution in [3.05, 3.63) is 34.4 Å². The predicted molar refractivity (Wildman–Crippen MR) is 78.0 cm³/mol. The maximum atomic E-state index is 11.5. The number of nitro groups is 1. The van der Waals surface area contributed by atoms with E-state index >= 15 is 0 Å². The molecule has 0 amide bonds. The zero-order valence-electron chi connectivity index (χ0n) is 10.2. The molecular formula is C11H11N3O4S2. The SMILES string of the molecule is O=[N+]([O-])c1cccc(NC2=N[C@H]3CS(=O)(=O)C[C@H]3S2)c1. The molecule has 7 nitrogen and oxygen atoms in total. The summed E-state index contributed by atoms with van der Waals surface area (Å²) in [6, 6.07) is 5.93. The molecule has 0 spiro atoms. The van der Waals surface area contributed by atoms with Crippen molar-refractivity contribution in [1.82, 2.24) is 0 Å². The Labute approximate surface area is 119 Å². The highest BCUT2D eigenvalue weighted by molar-refractivity contribution is 8.15.